The van der Waals surface area contributed by atoms with Gasteiger partial charge in [-0.2, -0.15) is 0 Å². The van der Waals surface area contributed by atoms with Crippen molar-refractivity contribution in [1.29, 1.82) is 0 Å². The molecule has 0 aromatic rings. The first kappa shape index (κ1) is 8.24. The Morgan fingerprint density at radius 1 is 1.58 bits per heavy atom. The lowest BCUT2D eigenvalue weighted by atomic mass is 9.99. The predicted octanol–water partition coefficient (Wildman–Crippen LogP) is 1.21. The van der Waals surface area contributed by atoms with Crippen LogP contribution in [-0.2, 0) is 4.79 Å². The number of Topliss-reactive ketones (excluding diaryl/α,β-unsaturated/α-hetero) is 1. The molecule has 1 aliphatic heterocycles. The van der Waals surface area contributed by atoms with E-state index in [0.29, 0.717) is 23.5 Å². The summed E-state index contributed by atoms with van der Waals surface area (Å²) in [4.78, 5) is 11.5. The first-order valence-corrected chi connectivity index (χ1v) is 4.85. The molecule has 0 radical (unpaired) electrons. The summed E-state index contributed by atoms with van der Waals surface area (Å²) in [6.07, 6.45) is 0.678. The number of hydrogen-bond donors (Lipinski definition) is 1. The maximum absolute atomic E-state index is 11.5. The maximum atomic E-state index is 11.5. The Morgan fingerprint density at radius 3 is 2.67 bits per heavy atom. The quantitative estimate of drug-likeness (QED) is 0.669. The zero-order valence-corrected chi connectivity index (χ0v) is 8.05. The van der Waals surface area contributed by atoms with E-state index < -0.39 is 0 Å². The van der Waals surface area contributed by atoms with Gasteiger partial charge in [0, 0.05) is 6.42 Å². The van der Waals surface area contributed by atoms with E-state index in [4.69, 9.17) is 0 Å². The van der Waals surface area contributed by atoms with Gasteiger partial charge < -0.3 is 5.32 Å². The van der Waals surface area contributed by atoms with Gasteiger partial charge in [0.05, 0.1) is 6.04 Å². The largest absolute Gasteiger partial charge is 0.307 e. The summed E-state index contributed by atoms with van der Waals surface area (Å²) in [5, 5.41) is 3.31. The van der Waals surface area contributed by atoms with Crippen LogP contribution in [0.25, 0.3) is 0 Å². The van der Waals surface area contributed by atoms with Gasteiger partial charge in [0.15, 0.2) is 0 Å². The highest BCUT2D eigenvalue weighted by Crippen LogP contribution is 2.62. The molecule has 0 spiro atoms. The van der Waals surface area contributed by atoms with Gasteiger partial charge in [-0.25, -0.2) is 0 Å². The summed E-state index contributed by atoms with van der Waals surface area (Å²) < 4.78 is 0. The van der Waals surface area contributed by atoms with Crippen LogP contribution in [0, 0.1) is 17.3 Å². The van der Waals surface area contributed by atoms with Gasteiger partial charge in [-0.3, -0.25) is 4.79 Å². The number of carbonyl (C=O) groups is 1. The van der Waals surface area contributed by atoms with Crippen LogP contribution in [0.1, 0.15) is 27.2 Å². The molecule has 2 aliphatic rings. The summed E-state index contributed by atoms with van der Waals surface area (Å²) in [6.45, 7) is 7.55. The maximum Gasteiger partial charge on any atom is 0.149 e. The van der Waals surface area contributed by atoms with Crippen molar-refractivity contribution in [3.63, 3.8) is 0 Å². The Balaban J connectivity index is 2.08. The average Bonchev–Trinajstić information content (AvgIpc) is 2.52. The van der Waals surface area contributed by atoms with Crippen LogP contribution in [-0.4, -0.2) is 18.4 Å². The van der Waals surface area contributed by atoms with Crippen LogP contribution in [0.2, 0.25) is 0 Å². The molecule has 2 nitrogen and oxygen atoms in total. The molecule has 3 atom stereocenters. The minimum absolute atomic E-state index is 0.176. The number of carbonyl (C=O) groups excluding carboxylic acids is 1. The Bertz CT molecular complexity index is 222. The molecule has 2 heteroatoms. The van der Waals surface area contributed by atoms with E-state index in [1.807, 2.05) is 6.92 Å². The van der Waals surface area contributed by atoms with Gasteiger partial charge in [0.1, 0.15) is 5.78 Å². The number of ketones is 1. The van der Waals surface area contributed by atoms with Gasteiger partial charge >= 0.3 is 0 Å². The molecule has 0 aromatic carbocycles. The number of piperidine rings is 1. The van der Waals surface area contributed by atoms with Crippen LogP contribution in [0.15, 0.2) is 0 Å². The standard InChI is InChI=1S/C10H17NO/c1-4-7(12)9-8-6(5-11-9)10(8,2)3/h6,8-9,11H,4-5H2,1-3H3/t6-,8-,9+/m0/s1. The second-order valence-corrected chi connectivity index (χ2v) is 4.66. The highest BCUT2D eigenvalue weighted by atomic mass is 16.1. The summed E-state index contributed by atoms with van der Waals surface area (Å²) in [7, 11) is 0. The van der Waals surface area contributed by atoms with Crippen molar-refractivity contribution in [2.75, 3.05) is 6.54 Å². The molecule has 0 aromatic heterocycles. The van der Waals surface area contributed by atoms with Gasteiger partial charge in [0.2, 0.25) is 0 Å². The molecule has 1 saturated carbocycles. The molecule has 0 bridgehead atoms. The fourth-order valence-electron chi connectivity index (χ4n) is 2.75. The lowest BCUT2D eigenvalue weighted by molar-refractivity contribution is -0.121. The molecule has 0 unspecified atom stereocenters. The van der Waals surface area contributed by atoms with E-state index in [9.17, 15) is 4.79 Å². The Kier molecular flexibility index (Phi) is 1.59. The van der Waals surface area contributed by atoms with Crippen molar-refractivity contribution in [2.45, 2.75) is 33.2 Å². The van der Waals surface area contributed by atoms with Crippen LogP contribution >= 0.6 is 0 Å². The number of rotatable bonds is 2. The second kappa shape index (κ2) is 2.32. The van der Waals surface area contributed by atoms with Gasteiger partial charge in [-0.1, -0.05) is 20.8 Å². The molecule has 0 amide bonds. The molecule has 2 rings (SSSR count). The third-order valence-electron chi connectivity index (χ3n) is 3.75. The lowest BCUT2D eigenvalue weighted by Gasteiger charge is -2.16. The van der Waals surface area contributed by atoms with Gasteiger partial charge in [-0.05, 0) is 23.8 Å². The summed E-state index contributed by atoms with van der Waals surface area (Å²) in [5.41, 5.74) is 0.431. The Morgan fingerprint density at radius 2 is 2.25 bits per heavy atom. The fourth-order valence-corrected chi connectivity index (χ4v) is 2.75. The van der Waals surface area contributed by atoms with E-state index in [-0.39, 0.29) is 6.04 Å². The second-order valence-electron chi connectivity index (χ2n) is 4.66. The van der Waals surface area contributed by atoms with E-state index >= 15 is 0 Å². The smallest absolute Gasteiger partial charge is 0.149 e. The number of fused-ring (bicyclic) bond motifs is 1. The minimum atomic E-state index is 0.176. The molecule has 1 N–H and O–H groups in total. The Hall–Kier alpha value is -0.370. The molecule has 1 saturated heterocycles. The number of hydrogen-bond acceptors (Lipinski definition) is 2. The van der Waals surface area contributed by atoms with Crippen molar-refractivity contribution < 1.29 is 4.79 Å². The fraction of sp³-hybridized carbons (Fsp3) is 0.900. The number of nitrogens with one attached hydrogen (secondary N) is 1. The lowest BCUT2D eigenvalue weighted by Crippen LogP contribution is -2.37. The van der Waals surface area contributed by atoms with E-state index in [1.165, 1.54) is 0 Å². The van der Waals surface area contributed by atoms with E-state index in [1.54, 1.807) is 0 Å². The first-order chi connectivity index (χ1) is 5.59. The zero-order valence-electron chi connectivity index (χ0n) is 8.05. The summed E-state index contributed by atoms with van der Waals surface area (Å²) >= 11 is 0. The van der Waals surface area contributed by atoms with Crippen LogP contribution in [0.5, 0.6) is 0 Å². The van der Waals surface area contributed by atoms with Crippen LogP contribution < -0.4 is 5.32 Å². The minimum Gasteiger partial charge on any atom is -0.307 e. The average molecular weight is 167 g/mol. The van der Waals surface area contributed by atoms with Crippen molar-refractivity contribution >= 4 is 5.78 Å². The SMILES string of the molecule is CCC(=O)[C@H]1NC[C@H]2[C@@H]1C2(C)C. The van der Waals surface area contributed by atoms with Crippen molar-refractivity contribution in [2.24, 2.45) is 17.3 Å². The predicted molar refractivity (Wildman–Crippen MR) is 47.8 cm³/mol. The monoisotopic (exact) mass is 167 g/mol. The molecule has 1 heterocycles. The molecule has 12 heavy (non-hydrogen) atoms. The Labute approximate surface area is 73.7 Å². The van der Waals surface area contributed by atoms with Crippen molar-refractivity contribution in [3.8, 4) is 0 Å². The summed E-state index contributed by atoms with van der Waals surface area (Å²) in [5.74, 6) is 1.79. The third kappa shape index (κ3) is 0.875. The first-order valence-electron chi connectivity index (χ1n) is 4.85. The van der Waals surface area contributed by atoms with Crippen LogP contribution in [0.3, 0.4) is 0 Å². The van der Waals surface area contributed by atoms with Crippen LogP contribution in [0.4, 0.5) is 0 Å². The van der Waals surface area contributed by atoms with Gasteiger partial charge in [0.25, 0.3) is 0 Å². The zero-order chi connectivity index (χ0) is 8.93. The molecular formula is C10H17NO. The van der Waals surface area contributed by atoms with E-state index in [0.717, 1.165) is 12.5 Å². The highest BCUT2D eigenvalue weighted by molar-refractivity contribution is 5.85. The normalized spacial score (nSPS) is 42.4. The van der Waals surface area contributed by atoms with Gasteiger partial charge in [-0.15, -0.1) is 0 Å². The molecule has 1 aliphatic carbocycles. The van der Waals surface area contributed by atoms with Crippen molar-refractivity contribution in [1.82, 2.24) is 5.32 Å². The highest BCUT2D eigenvalue weighted by Gasteiger charge is 2.65. The molecule has 68 valence electrons. The van der Waals surface area contributed by atoms with Crippen molar-refractivity contribution in [3.05, 3.63) is 0 Å². The van der Waals surface area contributed by atoms with E-state index in [2.05, 4.69) is 19.2 Å². The topological polar surface area (TPSA) is 29.1 Å². The molecule has 2 fully saturated rings. The molecular weight excluding hydrogens is 150 g/mol. The summed E-state index contributed by atoms with van der Waals surface area (Å²) in [6, 6.07) is 0.176. The third-order valence-corrected chi connectivity index (χ3v) is 3.75.